The molecule has 1 heterocycles. The maximum atomic E-state index is 11.9. The zero-order valence-electron chi connectivity index (χ0n) is 11.1. The molecule has 1 amide bonds. The van der Waals surface area contributed by atoms with Crippen LogP contribution in [0.5, 0.6) is 5.75 Å². The summed E-state index contributed by atoms with van der Waals surface area (Å²) in [6.07, 6.45) is 0.998. The lowest BCUT2D eigenvalue weighted by molar-refractivity contribution is -0.117. The molecule has 1 aromatic rings. The number of aliphatic hydroxyl groups excluding tert-OH is 1. The summed E-state index contributed by atoms with van der Waals surface area (Å²) in [4.78, 5) is 11.9. The van der Waals surface area contributed by atoms with Crippen molar-refractivity contribution in [2.45, 2.75) is 31.9 Å². The van der Waals surface area contributed by atoms with E-state index >= 15 is 0 Å². The van der Waals surface area contributed by atoms with Crippen LogP contribution < -0.4 is 15.4 Å². The number of rotatable bonds is 5. The van der Waals surface area contributed by atoms with Crippen LogP contribution in [0.25, 0.3) is 0 Å². The Balaban J connectivity index is 1.87. The molecule has 1 aliphatic rings. The molecule has 1 aliphatic heterocycles. The highest BCUT2D eigenvalue weighted by Crippen LogP contribution is 2.17. The van der Waals surface area contributed by atoms with Crippen molar-refractivity contribution in [2.75, 3.05) is 18.5 Å². The fourth-order valence-corrected chi connectivity index (χ4v) is 2.00. The highest BCUT2D eigenvalue weighted by atomic mass is 16.5. The first-order valence-corrected chi connectivity index (χ1v) is 6.64. The quantitative estimate of drug-likeness (QED) is 0.746. The second kappa shape index (κ2) is 6.54. The van der Waals surface area contributed by atoms with Gasteiger partial charge in [0.05, 0.1) is 18.8 Å². The first kappa shape index (κ1) is 13.8. The van der Waals surface area contributed by atoms with E-state index in [1.807, 2.05) is 24.3 Å². The predicted octanol–water partition coefficient (Wildman–Crippen LogP) is 1.14. The van der Waals surface area contributed by atoms with Crippen LogP contribution in [0.1, 0.15) is 19.8 Å². The minimum absolute atomic E-state index is 0.112. The van der Waals surface area contributed by atoms with Gasteiger partial charge in [-0.1, -0.05) is 6.92 Å². The van der Waals surface area contributed by atoms with Crippen molar-refractivity contribution in [3.63, 3.8) is 0 Å². The van der Waals surface area contributed by atoms with Crippen molar-refractivity contribution in [3.05, 3.63) is 24.3 Å². The van der Waals surface area contributed by atoms with Gasteiger partial charge < -0.3 is 20.5 Å². The Morgan fingerprint density at radius 3 is 2.79 bits per heavy atom. The molecule has 1 aromatic carbocycles. The Kier molecular flexibility index (Phi) is 4.76. The zero-order valence-corrected chi connectivity index (χ0v) is 11.1. The molecule has 104 valence electrons. The smallest absolute Gasteiger partial charge is 0.241 e. The molecule has 0 saturated carbocycles. The van der Waals surface area contributed by atoms with Gasteiger partial charge in [-0.2, -0.15) is 0 Å². The van der Waals surface area contributed by atoms with Crippen LogP contribution in [-0.2, 0) is 4.79 Å². The summed E-state index contributed by atoms with van der Waals surface area (Å²) in [6, 6.07) is 6.98. The van der Waals surface area contributed by atoms with Gasteiger partial charge in [0.25, 0.3) is 0 Å². The molecule has 0 aliphatic carbocycles. The number of anilines is 1. The molecule has 1 fully saturated rings. The topological polar surface area (TPSA) is 70.6 Å². The summed E-state index contributed by atoms with van der Waals surface area (Å²) in [6.45, 7) is 3.22. The SMILES string of the molecule is CCCOc1ccc(NC(=O)C2CC(O)CN2)cc1. The van der Waals surface area contributed by atoms with E-state index in [0.717, 1.165) is 17.9 Å². The van der Waals surface area contributed by atoms with Gasteiger partial charge in [0, 0.05) is 12.2 Å². The number of β-amino-alcohol motifs (C(OH)–C–C–N with tert-alkyl or cyclic N) is 1. The fraction of sp³-hybridized carbons (Fsp3) is 0.500. The van der Waals surface area contributed by atoms with Crippen molar-refractivity contribution in [1.82, 2.24) is 5.32 Å². The molecule has 0 bridgehead atoms. The lowest BCUT2D eigenvalue weighted by Gasteiger charge is -2.11. The average Bonchev–Trinajstić information content (AvgIpc) is 2.85. The van der Waals surface area contributed by atoms with Crippen LogP contribution in [0.15, 0.2) is 24.3 Å². The van der Waals surface area contributed by atoms with E-state index in [2.05, 4.69) is 17.6 Å². The molecular weight excluding hydrogens is 244 g/mol. The predicted molar refractivity (Wildman–Crippen MR) is 73.3 cm³/mol. The minimum Gasteiger partial charge on any atom is -0.494 e. The van der Waals surface area contributed by atoms with E-state index in [1.165, 1.54) is 0 Å². The summed E-state index contributed by atoms with van der Waals surface area (Å²) >= 11 is 0. The normalized spacial score (nSPS) is 22.2. The Hall–Kier alpha value is -1.59. The largest absolute Gasteiger partial charge is 0.494 e. The lowest BCUT2D eigenvalue weighted by Crippen LogP contribution is -2.35. The summed E-state index contributed by atoms with van der Waals surface area (Å²) in [7, 11) is 0. The van der Waals surface area contributed by atoms with E-state index < -0.39 is 6.10 Å². The average molecular weight is 264 g/mol. The van der Waals surface area contributed by atoms with Crippen molar-refractivity contribution < 1.29 is 14.6 Å². The van der Waals surface area contributed by atoms with Crippen molar-refractivity contribution in [2.24, 2.45) is 0 Å². The van der Waals surface area contributed by atoms with Crippen molar-refractivity contribution in [3.8, 4) is 5.75 Å². The Bertz CT molecular complexity index is 419. The maximum Gasteiger partial charge on any atom is 0.241 e. The van der Waals surface area contributed by atoms with Crippen LogP contribution in [0.3, 0.4) is 0 Å². The molecule has 0 radical (unpaired) electrons. The van der Waals surface area contributed by atoms with Crippen LogP contribution in [0.2, 0.25) is 0 Å². The molecule has 2 unspecified atom stereocenters. The van der Waals surface area contributed by atoms with Crippen molar-refractivity contribution >= 4 is 11.6 Å². The number of aliphatic hydroxyl groups is 1. The van der Waals surface area contributed by atoms with Gasteiger partial charge in [0.2, 0.25) is 5.91 Å². The number of hydrogen-bond donors (Lipinski definition) is 3. The van der Waals surface area contributed by atoms with Gasteiger partial charge in [-0.05, 0) is 37.1 Å². The van der Waals surface area contributed by atoms with Crippen LogP contribution >= 0.6 is 0 Å². The Labute approximate surface area is 113 Å². The van der Waals surface area contributed by atoms with Gasteiger partial charge >= 0.3 is 0 Å². The number of carbonyl (C=O) groups is 1. The van der Waals surface area contributed by atoms with Crippen LogP contribution in [-0.4, -0.2) is 36.3 Å². The van der Waals surface area contributed by atoms with Gasteiger partial charge in [-0.25, -0.2) is 0 Å². The first-order chi connectivity index (χ1) is 9.19. The van der Waals surface area contributed by atoms with Gasteiger partial charge in [-0.15, -0.1) is 0 Å². The third kappa shape index (κ3) is 3.94. The second-order valence-corrected chi connectivity index (χ2v) is 4.71. The summed E-state index contributed by atoms with van der Waals surface area (Å²) in [5, 5.41) is 15.2. The number of ether oxygens (including phenoxy) is 1. The molecule has 1 saturated heterocycles. The molecule has 0 spiro atoms. The van der Waals surface area contributed by atoms with Gasteiger partial charge in [0.15, 0.2) is 0 Å². The molecular formula is C14H20N2O3. The molecule has 19 heavy (non-hydrogen) atoms. The molecule has 5 heteroatoms. The summed E-state index contributed by atoms with van der Waals surface area (Å²) < 4.78 is 5.47. The van der Waals surface area contributed by atoms with E-state index in [4.69, 9.17) is 4.74 Å². The third-order valence-corrected chi connectivity index (χ3v) is 3.02. The van der Waals surface area contributed by atoms with Gasteiger partial charge in [0.1, 0.15) is 5.75 Å². The fourth-order valence-electron chi connectivity index (χ4n) is 2.00. The second-order valence-electron chi connectivity index (χ2n) is 4.71. The first-order valence-electron chi connectivity index (χ1n) is 6.64. The third-order valence-electron chi connectivity index (χ3n) is 3.02. The van der Waals surface area contributed by atoms with Crippen LogP contribution in [0.4, 0.5) is 5.69 Å². The van der Waals surface area contributed by atoms with Gasteiger partial charge in [-0.3, -0.25) is 4.79 Å². The van der Waals surface area contributed by atoms with Crippen molar-refractivity contribution in [1.29, 1.82) is 0 Å². The lowest BCUT2D eigenvalue weighted by atomic mass is 10.2. The minimum atomic E-state index is -0.430. The number of hydrogen-bond acceptors (Lipinski definition) is 4. The molecule has 5 nitrogen and oxygen atoms in total. The molecule has 0 aromatic heterocycles. The van der Waals surface area contributed by atoms with E-state index in [9.17, 15) is 9.90 Å². The number of carbonyl (C=O) groups excluding carboxylic acids is 1. The molecule has 3 N–H and O–H groups in total. The van der Waals surface area contributed by atoms with E-state index in [-0.39, 0.29) is 11.9 Å². The maximum absolute atomic E-state index is 11.9. The number of nitrogens with one attached hydrogen (secondary N) is 2. The number of benzene rings is 1. The van der Waals surface area contributed by atoms with E-state index in [0.29, 0.717) is 19.6 Å². The highest BCUT2D eigenvalue weighted by molar-refractivity contribution is 5.95. The summed E-state index contributed by atoms with van der Waals surface area (Å²) in [5.74, 6) is 0.688. The number of amides is 1. The molecule has 2 rings (SSSR count). The highest BCUT2D eigenvalue weighted by Gasteiger charge is 2.27. The Morgan fingerprint density at radius 1 is 1.47 bits per heavy atom. The molecule has 2 atom stereocenters. The standard InChI is InChI=1S/C14H20N2O3/c1-2-7-19-12-5-3-10(4-6-12)16-14(18)13-8-11(17)9-15-13/h3-6,11,13,15,17H,2,7-9H2,1H3,(H,16,18). The summed E-state index contributed by atoms with van der Waals surface area (Å²) in [5.41, 5.74) is 0.733. The van der Waals surface area contributed by atoms with E-state index in [1.54, 1.807) is 0 Å². The Morgan fingerprint density at radius 2 is 2.21 bits per heavy atom. The van der Waals surface area contributed by atoms with Crippen LogP contribution in [0, 0.1) is 0 Å². The monoisotopic (exact) mass is 264 g/mol. The zero-order chi connectivity index (χ0) is 13.7.